The Kier molecular flexibility index (Phi) is 4.62. The second-order valence-electron chi connectivity index (χ2n) is 5.65. The van der Waals surface area contributed by atoms with Crippen LogP contribution in [0.25, 0.3) is 0 Å². The third-order valence-electron chi connectivity index (χ3n) is 4.09. The van der Waals surface area contributed by atoms with Crippen molar-refractivity contribution in [2.75, 3.05) is 24.9 Å². The van der Waals surface area contributed by atoms with Crippen molar-refractivity contribution >= 4 is 22.2 Å². The van der Waals surface area contributed by atoms with Crippen molar-refractivity contribution in [2.24, 2.45) is 0 Å². The molecule has 7 heteroatoms. The van der Waals surface area contributed by atoms with E-state index in [1.165, 1.54) is 0 Å². The Labute approximate surface area is 144 Å². The molecule has 2 heterocycles. The summed E-state index contributed by atoms with van der Waals surface area (Å²) in [5.74, 6) is 1.91. The molecule has 1 aromatic carbocycles. The lowest BCUT2D eigenvalue weighted by Gasteiger charge is -2.15. The zero-order valence-electron chi connectivity index (χ0n) is 14.2. The number of rotatable bonds is 5. The fourth-order valence-electron chi connectivity index (χ4n) is 2.78. The van der Waals surface area contributed by atoms with E-state index >= 15 is 0 Å². The van der Waals surface area contributed by atoms with Gasteiger partial charge in [-0.25, -0.2) is 0 Å². The van der Waals surface area contributed by atoms with Gasteiger partial charge in [-0.3, -0.25) is 9.19 Å². The number of nitrogens with zero attached hydrogens (tertiary/aromatic N) is 1. The third-order valence-corrected chi connectivity index (χ3v) is 5.41. The summed E-state index contributed by atoms with van der Waals surface area (Å²) >= 11 is 0. The number of anilines is 2. The van der Waals surface area contributed by atoms with Gasteiger partial charge in [0.15, 0.2) is 5.50 Å². The summed E-state index contributed by atoms with van der Waals surface area (Å²) in [6.07, 6.45) is 1.76. The van der Waals surface area contributed by atoms with Gasteiger partial charge in [0.25, 0.3) is 0 Å². The van der Waals surface area contributed by atoms with E-state index in [0.29, 0.717) is 5.75 Å². The summed E-state index contributed by atoms with van der Waals surface area (Å²) in [7, 11) is 2.07. The second-order valence-corrected chi connectivity index (χ2v) is 7.17. The second kappa shape index (κ2) is 6.68. The van der Waals surface area contributed by atoms with Crippen molar-refractivity contribution in [1.82, 2.24) is 4.98 Å². The highest BCUT2D eigenvalue weighted by atomic mass is 32.2. The van der Waals surface area contributed by atoms with E-state index in [9.17, 15) is 4.21 Å². The molecule has 6 nitrogen and oxygen atoms in total. The lowest BCUT2D eigenvalue weighted by molar-refractivity contribution is 0.407. The van der Waals surface area contributed by atoms with Gasteiger partial charge in [0.05, 0.1) is 47.8 Å². The molecular formula is C17H21N3O3S. The van der Waals surface area contributed by atoms with Gasteiger partial charge in [0, 0.05) is 23.4 Å². The molecule has 2 atom stereocenters. The molecule has 0 spiro atoms. The first kappa shape index (κ1) is 16.6. The maximum Gasteiger partial charge on any atom is 0.175 e. The minimum absolute atomic E-state index is 0.345. The van der Waals surface area contributed by atoms with Crippen LogP contribution in [0.4, 0.5) is 11.4 Å². The third kappa shape index (κ3) is 3.03. The van der Waals surface area contributed by atoms with Crippen molar-refractivity contribution in [3.8, 4) is 11.5 Å². The number of pyridine rings is 1. The van der Waals surface area contributed by atoms with E-state index in [0.717, 1.165) is 39.7 Å². The topological polar surface area (TPSA) is 72.5 Å². The van der Waals surface area contributed by atoms with Crippen LogP contribution >= 0.6 is 0 Å². The van der Waals surface area contributed by atoms with Gasteiger partial charge in [0.1, 0.15) is 11.5 Å². The van der Waals surface area contributed by atoms with Crippen LogP contribution in [0, 0.1) is 13.8 Å². The van der Waals surface area contributed by atoms with Crippen LogP contribution < -0.4 is 20.1 Å². The number of aryl methyl sites for hydroxylation is 1. The SMILES string of the molecule is COc1ccc2c(c1)N[C@@H]([S@](=O)Cc1ncc(C)c(OC)c1C)N2. The molecule has 0 radical (unpaired) electrons. The van der Waals surface area contributed by atoms with Gasteiger partial charge < -0.3 is 20.1 Å². The summed E-state index contributed by atoms with van der Waals surface area (Å²) in [5.41, 5.74) is 4.14. The first-order valence-corrected chi connectivity index (χ1v) is 8.99. The Hall–Kier alpha value is -2.28. The number of ether oxygens (including phenoxy) is 2. The highest BCUT2D eigenvalue weighted by Gasteiger charge is 2.26. The number of aromatic nitrogens is 1. The number of fused-ring (bicyclic) bond motifs is 1. The summed E-state index contributed by atoms with van der Waals surface area (Å²) < 4.78 is 23.4. The van der Waals surface area contributed by atoms with E-state index in [-0.39, 0.29) is 5.50 Å². The highest BCUT2D eigenvalue weighted by Crippen LogP contribution is 2.34. The normalized spacial score (nSPS) is 16.8. The molecule has 0 amide bonds. The van der Waals surface area contributed by atoms with Crippen molar-refractivity contribution in [1.29, 1.82) is 0 Å². The summed E-state index contributed by atoms with van der Waals surface area (Å²) in [5, 5.41) is 6.48. The molecule has 3 rings (SSSR count). The Bertz CT molecular complexity index is 795. The number of hydrogen-bond acceptors (Lipinski definition) is 6. The first-order chi connectivity index (χ1) is 11.5. The van der Waals surface area contributed by atoms with Gasteiger partial charge in [-0.1, -0.05) is 0 Å². The molecule has 0 saturated heterocycles. The Morgan fingerprint density at radius 3 is 2.62 bits per heavy atom. The van der Waals surface area contributed by atoms with Crippen LogP contribution in [-0.2, 0) is 16.6 Å². The fraction of sp³-hybridized carbons (Fsp3) is 0.353. The summed E-state index contributed by atoms with van der Waals surface area (Å²) in [6, 6.07) is 5.67. The first-order valence-electron chi connectivity index (χ1n) is 7.61. The Morgan fingerprint density at radius 1 is 1.17 bits per heavy atom. The minimum Gasteiger partial charge on any atom is -0.497 e. The van der Waals surface area contributed by atoms with Crippen molar-refractivity contribution in [3.63, 3.8) is 0 Å². The Morgan fingerprint density at radius 2 is 1.92 bits per heavy atom. The molecule has 1 aromatic heterocycles. The summed E-state index contributed by atoms with van der Waals surface area (Å²) in [6.45, 7) is 3.89. The van der Waals surface area contributed by atoms with Gasteiger partial charge in [-0.05, 0) is 26.0 Å². The van der Waals surface area contributed by atoms with Gasteiger partial charge >= 0.3 is 0 Å². The molecule has 1 aliphatic heterocycles. The largest absolute Gasteiger partial charge is 0.497 e. The fourth-order valence-corrected chi connectivity index (χ4v) is 4.02. The van der Waals surface area contributed by atoms with Crippen LogP contribution in [0.1, 0.15) is 16.8 Å². The summed E-state index contributed by atoms with van der Waals surface area (Å²) in [4.78, 5) is 4.43. The zero-order valence-corrected chi connectivity index (χ0v) is 15.0. The molecule has 0 fully saturated rings. The molecule has 0 bridgehead atoms. The smallest absolute Gasteiger partial charge is 0.175 e. The number of nitrogens with one attached hydrogen (secondary N) is 2. The standard InChI is InChI=1S/C17H21N3O3S/c1-10-8-18-15(11(2)16(10)23-4)9-24(21)17-19-13-6-5-12(22-3)7-14(13)20-17/h5-8,17,19-20H,9H2,1-4H3/t17-,24+/m0/s1. The molecule has 1 aliphatic rings. The molecule has 2 aromatic rings. The van der Waals surface area contributed by atoms with Crippen LogP contribution in [0.2, 0.25) is 0 Å². The Balaban J connectivity index is 1.75. The molecule has 0 unspecified atom stereocenters. The predicted molar refractivity (Wildman–Crippen MR) is 96.1 cm³/mol. The van der Waals surface area contributed by atoms with Crippen LogP contribution in [-0.4, -0.2) is 28.9 Å². The number of methoxy groups -OCH3 is 2. The van der Waals surface area contributed by atoms with Crippen LogP contribution in [0.3, 0.4) is 0 Å². The highest BCUT2D eigenvalue weighted by molar-refractivity contribution is 7.85. The predicted octanol–water partition coefficient (Wildman–Crippen LogP) is 2.79. The number of hydrogen-bond donors (Lipinski definition) is 2. The van der Waals surface area contributed by atoms with E-state index in [1.807, 2.05) is 32.0 Å². The zero-order chi connectivity index (χ0) is 17.3. The van der Waals surface area contributed by atoms with Crippen molar-refractivity contribution < 1.29 is 13.7 Å². The van der Waals surface area contributed by atoms with Crippen molar-refractivity contribution in [3.05, 3.63) is 41.2 Å². The van der Waals surface area contributed by atoms with Crippen molar-refractivity contribution in [2.45, 2.75) is 25.1 Å². The van der Waals surface area contributed by atoms with Crippen LogP contribution in [0.15, 0.2) is 24.4 Å². The average molecular weight is 347 g/mol. The molecule has 24 heavy (non-hydrogen) atoms. The molecule has 2 N–H and O–H groups in total. The number of benzene rings is 1. The average Bonchev–Trinajstić information content (AvgIpc) is 3.01. The van der Waals surface area contributed by atoms with E-state index in [1.54, 1.807) is 20.4 Å². The van der Waals surface area contributed by atoms with E-state index < -0.39 is 10.8 Å². The maximum absolute atomic E-state index is 12.7. The van der Waals surface area contributed by atoms with Gasteiger partial charge in [0.2, 0.25) is 0 Å². The lowest BCUT2D eigenvalue weighted by atomic mass is 10.1. The molecule has 128 valence electrons. The van der Waals surface area contributed by atoms with E-state index in [4.69, 9.17) is 9.47 Å². The maximum atomic E-state index is 12.7. The monoisotopic (exact) mass is 347 g/mol. The molecular weight excluding hydrogens is 326 g/mol. The van der Waals surface area contributed by atoms with Gasteiger partial charge in [-0.15, -0.1) is 0 Å². The van der Waals surface area contributed by atoms with Gasteiger partial charge in [-0.2, -0.15) is 0 Å². The lowest BCUT2D eigenvalue weighted by Crippen LogP contribution is -2.29. The van der Waals surface area contributed by atoms with E-state index in [2.05, 4.69) is 15.6 Å². The molecule has 0 saturated carbocycles. The van der Waals surface area contributed by atoms with Crippen LogP contribution in [0.5, 0.6) is 11.5 Å². The minimum atomic E-state index is -1.19. The quantitative estimate of drug-likeness (QED) is 0.866. The molecule has 0 aliphatic carbocycles.